The summed E-state index contributed by atoms with van der Waals surface area (Å²) in [5.41, 5.74) is 1.70. The van der Waals surface area contributed by atoms with Crippen LogP contribution in [0.2, 0.25) is 0 Å². The van der Waals surface area contributed by atoms with Crippen molar-refractivity contribution in [1.29, 1.82) is 0 Å². The van der Waals surface area contributed by atoms with E-state index in [9.17, 15) is 14.4 Å². The number of hydrogen-bond donors (Lipinski definition) is 1. The van der Waals surface area contributed by atoms with Gasteiger partial charge in [0.1, 0.15) is 4.88 Å². The van der Waals surface area contributed by atoms with Gasteiger partial charge >= 0.3 is 5.97 Å². The van der Waals surface area contributed by atoms with Crippen molar-refractivity contribution in [3.63, 3.8) is 0 Å². The maximum Gasteiger partial charge on any atom is 0.348 e. The molecule has 0 aliphatic carbocycles. The Kier molecular flexibility index (Phi) is 5.99. The summed E-state index contributed by atoms with van der Waals surface area (Å²) in [6.07, 6.45) is 1.89. The number of fused-ring (bicyclic) bond motifs is 1. The summed E-state index contributed by atoms with van der Waals surface area (Å²) in [6, 6.07) is 4.86. The van der Waals surface area contributed by atoms with Crippen molar-refractivity contribution in [2.45, 2.75) is 33.6 Å². The van der Waals surface area contributed by atoms with Crippen LogP contribution in [0.4, 0.5) is 5.69 Å². The number of benzene rings is 1. The van der Waals surface area contributed by atoms with E-state index in [2.05, 4.69) is 12.2 Å². The van der Waals surface area contributed by atoms with Crippen LogP contribution in [0.25, 0.3) is 0 Å². The molecule has 1 aromatic heterocycles. The van der Waals surface area contributed by atoms with Gasteiger partial charge < -0.3 is 19.5 Å². The molecule has 0 atom stereocenters. The molecule has 2 aromatic rings. The molecule has 148 valence electrons. The van der Waals surface area contributed by atoms with Crippen LogP contribution < -0.4 is 14.8 Å². The van der Waals surface area contributed by atoms with Crippen molar-refractivity contribution < 1.29 is 28.6 Å². The minimum absolute atomic E-state index is 0.0575. The molecule has 0 spiro atoms. The van der Waals surface area contributed by atoms with E-state index in [1.165, 1.54) is 30.4 Å². The Morgan fingerprint density at radius 1 is 1.18 bits per heavy atom. The van der Waals surface area contributed by atoms with Gasteiger partial charge in [-0.1, -0.05) is 13.3 Å². The summed E-state index contributed by atoms with van der Waals surface area (Å²) < 4.78 is 15.6. The largest absolute Gasteiger partial charge is 0.454 e. The van der Waals surface area contributed by atoms with Crippen LogP contribution in [-0.4, -0.2) is 31.1 Å². The molecular formula is C20H21NO6S. The van der Waals surface area contributed by atoms with Gasteiger partial charge in [-0.3, -0.25) is 9.59 Å². The first-order chi connectivity index (χ1) is 13.4. The lowest BCUT2D eigenvalue weighted by Gasteiger charge is -2.10. The monoisotopic (exact) mass is 403 g/mol. The van der Waals surface area contributed by atoms with Crippen molar-refractivity contribution in [2.24, 2.45) is 0 Å². The Morgan fingerprint density at radius 2 is 1.89 bits per heavy atom. The molecule has 0 fully saturated rings. The van der Waals surface area contributed by atoms with E-state index in [-0.39, 0.29) is 18.3 Å². The SMILES string of the molecule is CCCc1cc(C(=O)OCC(=O)Nc2cc3c(cc2C(C)=O)OCO3)sc1C. The molecule has 28 heavy (non-hydrogen) atoms. The summed E-state index contributed by atoms with van der Waals surface area (Å²) in [4.78, 5) is 37.8. The molecule has 0 saturated heterocycles. The van der Waals surface area contributed by atoms with Gasteiger partial charge in [-0.2, -0.15) is 0 Å². The van der Waals surface area contributed by atoms with Gasteiger partial charge in [0, 0.05) is 16.5 Å². The highest BCUT2D eigenvalue weighted by atomic mass is 32.1. The second-order valence-electron chi connectivity index (χ2n) is 6.37. The number of ether oxygens (including phenoxy) is 3. The molecule has 1 amide bonds. The zero-order valence-electron chi connectivity index (χ0n) is 15.9. The average molecular weight is 403 g/mol. The van der Waals surface area contributed by atoms with Crippen molar-refractivity contribution in [3.05, 3.63) is 39.1 Å². The highest BCUT2D eigenvalue weighted by Crippen LogP contribution is 2.37. The quantitative estimate of drug-likeness (QED) is 0.559. The van der Waals surface area contributed by atoms with Crippen LogP contribution in [0, 0.1) is 6.92 Å². The number of aryl methyl sites for hydroxylation is 2. The van der Waals surface area contributed by atoms with Gasteiger partial charge in [0.2, 0.25) is 6.79 Å². The molecule has 3 rings (SSSR count). The van der Waals surface area contributed by atoms with Gasteiger partial charge in [-0.05, 0) is 38.0 Å². The lowest BCUT2D eigenvalue weighted by molar-refractivity contribution is -0.119. The molecule has 0 bridgehead atoms. The first kappa shape index (κ1) is 19.9. The van der Waals surface area contributed by atoms with E-state index >= 15 is 0 Å². The molecule has 0 unspecified atom stereocenters. The van der Waals surface area contributed by atoms with E-state index in [4.69, 9.17) is 14.2 Å². The Balaban J connectivity index is 1.64. The number of esters is 1. The number of carbonyl (C=O) groups excluding carboxylic acids is 3. The number of thiophene rings is 1. The molecule has 2 heterocycles. The summed E-state index contributed by atoms with van der Waals surface area (Å²) >= 11 is 1.36. The number of hydrogen-bond acceptors (Lipinski definition) is 7. The molecule has 1 aliphatic rings. The first-order valence-corrected chi connectivity index (χ1v) is 9.71. The van der Waals surface area contributed by atoms with Gasteiger partial charge in [-0.25, -0.2) is 4.79 Å². The lowest BCUT2D eigenvalue weighted by atomic mass is 10.1. The number of amides is 1. The van der Waals surface area contributed by atoms with E-state index in [1.807, 2.05) is 13.0 Å². The van der Waals surface area contributed by atoms with Crippen molar-refractivity contribution >= 4 is 34.7 Å². The van der Waals surface area contributed by atoms with Crippen LogP contribution >= 0.6 is 11.3 Å². The maximum atomic E-state index is 12.2. The molecule has 8 heteroatoms. The molecule has 1 aliphatic heterocycles. The molecule has 7 nitrogen and oxygen atoms in total. The summed E-state index contributed by atoms with van der Waals surface area (Å²) in [7, 11) is 0. The molecule has 0 saturated carbocycles. The van der Waals surface area contributed by atoms with E-state index in [0.717, 1.165) is 23.3 Å². The van der Waals surface area contributed by atoms with E-state index in [1.54, 1.807) is 0 Å². The first-order valence-electron chi connectivity index (χ1n) is 8.90. The second-order valence-corrected chi connectivity index (χ2v) is 7.63. The number of carbonyl (C=O) groups is 3. The maximum absolute atomic E-state index is 12.2. The molecule has 1 N–H and O–H groups in total. The fourth-order valence-electron chi connectivity index (χ4n) is 2.86. The summed E-state index contributed by atoms with van der Waals surface area (Å²) in [5.74, 6) is -0.427. The zero-order valence-corrected chi connectivity index (χ0v) is 16.7. The topological polar surface area (TPSA) is 90.9 Å². The molecular weight excluding hydrogens is 382 g/mol. The lowest BCUT2D eigenvalue weighted by Crippen LogP contribution is -2.21. The third kappa shape index (κ3) is 4.33. The molecule has 0 radical (unpaired) electrons. The van der Waals surface area contributed by atoms with Crippen LogP contribution in [-0.2, 0) is 16.0 Å². The number of nitrogens with one attached hydrogen (secondary N) is 1. The average Bonchev–Trinajstić information content (AvgIpc) is 3.25. The third-order valence-electron chi connectivity index (χ3n) is 4.24. The zero-order chi connectivity index (χ0) is 20.3. The number of rotatable bonds is 7. The minimum Gasteiger partial charge on any atom is -0.454 e. The van der Waals surface area contributed by atoms with Crippen LogP contribution in [0.1, 0.15) is 50.7 Å². The van der Waals surface area contributed by atoms with Gasteiger partial charge in [-0.15, -0.1) is 11.3 Å². The fraction of sp³-hybridized carbons (Fsp3) is 0.350. The smallest absolute Gasteiger partial charge is 0.348 e. The van der Waals surface area contributed by atoms with Crippen LogP contribution in [0.5, 0.6) is 11.5 Å². The predicted octanol–water partition coefficient (Wildman–Crippen LogP) is 3.74. The summed E-state index contributed by atoms with van der Waals surface area (Å²) in [6.45, 7) is 5.03. The van der Waals surface area contributed by atoms with Gasteiger partial charge in [0.05, 0.1) is 5.69 Å². The van der Waals surface area contributed by atoms with E-state index in [0.29, 0.717) is 21.9 Å². The van der Waals surface area contributed by atoms with Crippen molar-refractivity contribution in [3.8, 4) is 11.5 Å². The van der Waals surface area contributed by atoms with E-state index < -0.39 is 18.5 Å². The van der Waals surface area contributed by atoms with Crippen molar-refractivity contribution in [2.75, 3.05) is 18.7 Å². The Morgan fingerprint density at radius 3 is 2.57 bits per heavy atom. The van der Waals surface area contributed by atoms with Crippen molar-refractivity contribution in [1.82, 2.24) is 0 Å². The Labute approximate surface area is 166 Å². The van der Waals surface area contributed by atoms with Crippen LogP contribution in [0.3, 0.4) is 0 Å². The highest BCUT2D eigenvalue weighted by molar-refractivity contribution is 7.14. The second kappa shape index (κ2) is 8.43. The normalized spacial score (nSPS) is 12.0. The Bertz CT molecular complexity index is 933. The van der Waals surface area contributed by atoms with Gasteiger partial charge in [0.25, 0.3) is 5.91 Å². The minimum atomic E-state index is -0.545. The highest BCUT2D eigenvalue weighted by Gasteiger charge is 2.21. The fourth-order valence-corrected chi connectivity index (χ4v) is 3.83. The predicted molar refractivity (Wildman–Crippen MR) is 105 cm³/mol. The number of ketones is 1. The number of anilines is 1. The molecule has 1 aromatic carbocycles. The van der Waals surface area contributed by atoms with Crippen LogP contribution in [0.15, 0.2) is 18.2 Å². The Hall–Kier alpha value is -2.87. The number of Topliss-reactive ketones (excluding diaryl/α,β-unsaturated/α-hetero) is 1. The summed E-state index contributed by atoms with van der Waals surface area (Å²) in [5, 5.41) is 2.60. The van der Waals surface area contributed by atoms with Gasteiger partial charge in [0.15, 0.2) is 23.9 Å². The third-order valence-corrected chi connectivity index (χ3v) is 5.31. The standard InChI is InChI=1S/C20H21NO6S/c1-4-5-13-6-18(28-12(13)3)20(24)25-9-19(23)21-15-8-17-16(26-10-27-17)7-14(15)11(2)22/h6-8H,4-5,9-10H2,1-3H3,(H,21,23).